The van der Waals surface area contributed by atoms with Crippen LogP contribution in [0.4, 0.5) is 11.4 Å². The van der Waals surface area contributed by atoms with Crippen LogP contribution in [0.3, 0.4) is 0 Å². The smallest absolute Gasteiger partial charge is 0.240 e. The fraction of sp³-hybridized carbons (Fsp3) is 0.435. The predicted molar refractivity (Wildman–Crippen MR) is 123 cm³/mol. The monoisotopic (exact) mass is 429 g/mol. The van der Waals surface area contributed by atoms with Crippen molar-refractivity contribution in [2.24, 2.45) is 0 Å². The number of hydrogen-bond acceptors (Lipinski definition) is 4. The molecule has 3 rings (SSSR count). The summed E-state index contributed by atoms with van der Waals surface area (Å²) in [5.41, 5.74) is 5.11. The van der Waals surface area contributed by atoms with Crippen molar-refractivity contribution in [3.8, 4) is 0 Å². The molecule has 0 unspecified atom stereocenters. The topological polar surface area (TPSA) is 69.7 Å². The second kappa shape index (κ2) is 9.51. The molecule has 0 bridgehead atoms. The van der Waals surface area contributed by atoms with Gasteiger partial charge >= 0.3 is 0 Å². The highest BCUT2D eigenvalue weighted by atomic mass is 32.2. The summed E-state index contributed by atoms with van der Waals surface area (Å²) in [5, 5.41) is 2.88. The summed E-state index contributed by atoms with van der Waals surface area (Å²) in [7, 11) is -3.56. The van der Waals surface area contributed by atoms with Crippen LogP contribution in [-0.2, 0) is 21.2 Å². The Hall–Kier alpha value is -2.54. The molecule has 0 radical (unpaired) electrons. The molecule has 0 spiro atoms. The third-order valence-corrected chi connectivity index (χ3v) is 6.46. The molecule has 1 aliphatic rings. The van der Waals surface area contributed by atoms with E-state index in [1.54, 1.807) is 12.1 Å². The van der Waals surface area contributed by atoms with Gasteiger partial charge in [-0.1, -0.05) is 24.3 Å². The van der Waals surface area contributed by atoms with Crippen molar-refractivity contribution >= 4 is 27.3 Å². The SMILES string of the molecule is Cc1cc(C)cc(N(CC(=O)NCCCN2CCCc3ccccc32)S(C)(=O)=O)c1. The Morgan fingerprint density at radius 2 is 1.83 bits per heavy atom. The van der Waals surface area contributed by atoms with Gasteiger partial charge in [0.05, 0.1) is 11.9 Å². The Bertz CT molecular complexity index is 984. The van der Waals surface area contributed by atoms with Gasteiger partial charge in [0.25, 0.3) is 0 Å². The minimum absolute atomic E-state index is 0.214. The van der Waals surface area contributed by atoms with E-state index in [4.69, 9.17) is 0 Å². The number of benzene rings is 2. The number of carbonyl (C=O) groups excluding carboxylic acids is 1. The molecule has 0 aromatic heterocycles. The van der Waals surface area contributed by atoms with Crippen LogP contribution in [0.25, 0.3) is 0 Å². The molecule has 1 aliphatic heterocycles. The van der Waals surface area contributed by atoms with Crippen molar-refractivity contribution in [1.82, 2.24) is 5.32 Å². The van der Waals surface area contributed by atoms with Gasteiger partial charge in [-0.2, -0.15) is 0 Å². The summed E-state index contributed by atoms with van der Waals surface area (Å²) < 4.78 is 25.7. The van der Waals surface area contributed by atoms with Crippen LogP contribution in [0.15, 0.2) is 42.5 Å². The predicted octanol–water partition coefficient (Wildman–Crippen LogP) is 3.03. The highest BCUT2D eigenvalue weighted by Crippen LogP contribution is 2.26. The normalized spacial score (nSPS) is 13.6. The zero-order valence-electron chi connectivity index (χ0n) is 18.0. The first-order valence-corrected chi connectivity index (χ1v) is 12.2. The molecule has 7 heteroatoms. The Balaban J connectivity index is 1.54. The number of nitrogens with one attached hydrogen (secondary N) is 1. The quantitative estimate of drug-likeness (QED) is 0.655. The first kappa shape index (κ1) is 22.2. The molecule has 1 amide bonds. The Labute approximate surface area is 179 Å². The number of sulfonamides is 1. The molecule has 1 heterocycles. The lowest BCUT2D eigenvalue weighted by atomic mass is 10.0. The molecule has 0 saturated heterocycles. The van der Waals surface area contributed by atoms with Gasteiger partial charge in [0.15, 0.2) is 0 Å². The summed E-state index contributed by atoms with van der Waals surface area (Å²) >= 11 is 0. The van der Waals surface area contributed by atoms with Crippen molar-refractivity contribution in [3.05, 3.63) is 59.2 Å². The number of nitrogens with zero attached hydrogens (tertiary/aromatic N) is 2. The van der Waals surface area contributed by atoms with Gasteiger partial charge in [0.2, 0.25) is 15.9 Å². The number of aryl methyl sites for hydroxylation is 3. The second-order valence-corrected chi connectivity index (χ2v) is 9.95. The van der Waals surface area contributed by atoms with Gasteiger partial charge in [-0.05, 0) is 68.0 Å². The van der Waals surface area contributed by atoms with Crippen molar-refractivity contribution < 1.29 is 13.2 Å². The average molecular weight is 430 g/mol. The zero-order valence-corrected chi connectivity index (χ0v) is 18.8. The maximum absolute atomic E-state index is 12.5. The van der Waals surface area contributed by atoms with Crippen molar-refractivity contribution in [1.29, 1.82) is 0 Å². The number of amides is 1. The third kappa shape index (κ3) is 5.75. The molecule has 6 nitrogen and oxygen atoms in total. The van der Waals surface area contributed by atoms with Gasteiger partial charge in [0.1, 0.15) is 6.54 Å². The van der Waals surface area contributed by atoms with E-state index in [9.17, 15) is 13.2 Å². The molecule has 0 aliphatic carbocycles. The Morgan fingerprint density at radius 3 is 2.53 bits per heavy atom. The van der Waals surface area contributed by atoms with Crippen molar-refractivity contribution in [2.45, 2.75) is 33.1 Å². The molecule has 30 heavy (non-hydrogen) atoms. The van der Waals surface area contributed by atoms with Crippen LogP contribution >= 0.6 is 0 Å². The highest BCUT2D eigenvalue weighted by molar-refractivity contribution is 7.92. The minimum atomic E-state index is -3.56. The summed E-state index contributed by atoms with van der Waals surface area (Å²) in [6, 6.07) is 14.0. The fourth-order valence-electron chi connectivity index (χ4n) is 4.02. The molecule has 0 saturated carbocycles. The minimum Gasteiger partial charge on any atom is -0.371 e. The summed E-state index contributed by atoms with van der Waals surface area (Å²) in [6.07, 6.45) is 4.19. The molecule has 1 N–H and O–H groups in total. The average Bonchev–Trinajstić information content (AvgIpc) is 2.68. The van der Waals surface area contributed by atoms with E-state index in [2.05, 4.69) is 34.5 Å². The largest absolute Gasteiger partial charge is 0.371 e. The van der Waals surface area contributed by atoms with Crippen LogP contribution in [0, 0.1) is 13.8 Å². The van der Waals surface area contributed by atoms with Crippen molar-refractivity contribution in [2.75, 3.05) is 41.6 Å². The molecule has 2 aromatic carbocycles. The van der Waals surface area contributed by atoms with Crippen LogP contribution in [0.2, 0.25) is 0 Å². The van der Waals surface area contributed by atoms with Gasteiger partial charge < -0.3 is 10.2 Å². The summed E-state index contributed by atoms with van der Waals surface area (Å²) in [6.45, 7) is 6.02. The number of para-hydroxylation sites is 1. The van der Waals surface area contributed by atoms with E-state index in [0.29, 0.717) is 12.2 Å². The van der Waals surface area contributed by atoms with E-state index in [1.807, 2.05) is 19.9 Å². The summed E-state index contributed by atoms with van der Waals surface area (Å²) in [5.74, 6) is -0.293. The van der Waals surface area contributed by atoms with Crippen LogP contribution < -0.4 is 14.5 Å². The second-order valence-electron chi connectivity index (χ2n) is 8.04. The molecule has 0 atom stereocenters. The third-order valence-electron chi connectivity index (χ3n) is 5.32. The van der Waals surface area contributed by atoms with Gasteiger partial charge in [-0.15, -0.1) is 0 Å². The number of hydrogen-bond donors (Lipinski definition) is 1. The first-order valence-electron chi connectivity index (χ1n) is 10.4. The molecular weight excluding hydrogens is 398 g/mol. The van der Waals surface area contributed by atoms with E-state index in [-0.39, 0.29) is 12.5 Å². The number of fused-ring (bicyclic) bond motifs is 1. The number of carbonyl (C=O) groups is 1. The van der Waals surface area contributed by atoms with Crippen molar-refractivity contribution in [3.63, 3.8) is 0 Å². The van der Waals surface area contributed by atoms with E-state index in [1.165, 1.54) is 15.6 Å². The van der Waals surface area contributed by atoms with E-state index < -0.39 is 10.0 Å². The number of rotatable bonds is 8. The lowest BCUT2D eigenvalue weighted by Gasteiger charge is -2.31. The number of anilines is 2. The van der Waals surface area contributed by atoms with Crippen LogP contribution in [0.1, 0.15) is 29.5 Å². The molecular formula is C23H31N3O3S. The Morgan fingerprint density at radius 1 is 1.13 bits per heavy atom. The first-order chi connectivity index (χ1) is 14.2. The van der Waals surface area contributed by atoms with Gasteiger partial charge in [0, 0.05) is 25.3 Å². The van der Waals surface area contributed by atoms with Gasteiger partial charge in [-0.25, -0.2) is 8.42 Å². The molecule has 162 valence electrons. The van der Waals surface area contributed by atoms with Crippen LogP contribution in [0.5, 0.6) is 0 Å². The standard InChI is InChI=1S/C23H31N3O3S/c1-18-14-19(2)16-21(15-18)26(30(3,28)29)17-23(27)24-11-7-13-25-12-6-9-20-8-4-5-10-22(20)25/h4-5,8,10,14-16H,6-7,9,11-13,17H2,1-3H3,(H,24,27). The molecule has 0 fully saturated rings. The highest BCUT2D eigenvalue weighted by Gasteiger charge is 2.21. The zero-order chi connectivity index (χ0) is 21.7. The summed E-state index contributed by atoms with van der Waals surface area (Å²) in [4.78, 5) is 14.8. The van der Waals surface area contributed by atoms with Crippen LogP contribution in [-0.4, -0.2) is 46.8 Å². The lowest BCUT2D eigenvalue weighted by molar-refractivity contribution is -0.119. The fourth-order valence-corrected chi connectivity index (χ4v) is 4.86. The van der Waals surface area contributed by atoms with E-state index in [0.717, 1.165) is 49.7 Å². The van der Waals surface area contributed by atoms with Gasteiger partial charge in [-0.3, -0.25) is 9.10 Å². The maximum Gasteiger partial charge on any atom is 0.240 e. The maximum atomic E-state index is 12.5. The lowest BCUT2D eigenvalue weighted by Crippen LogP contribution is -2.41. The molecule has 2 aromatic rings. The Kier molecular flexibility index (Phi) is 7.02. The van der Waals surface area contributed by atoms with E-state index >= 15 is 0 Å².